The van der Waals surface area contributed by atoms with Gasteiger partial charge < -0.3 is 0 Å². The Hall–Kier alpha value is -2.42. The number of rotatable bonds is 2. The molecule has 0 radical (unpaired) electrons. The number of non-ortho nitro benzene ring substituents is 1. The molecule has 23 heavy (non-hydrogen) atoms. The summed E-state index contributed by atoms with van der Waals surface area (Å²) < 4.78 is 41.1. The van der Waals surface area contributed by atoms with Crippen LogP contribution in [0.3, 0.4) is 0 Å². The molecule has 1 heterocycles. The summed E-state index contributed by atoms with van der Waals surface area (Å²) in [4.78, 5) is 10.1. The second kappa shape index (κ2) is 5.34. The van der Waals surface area contributed by atoms with Gasteiger partial charge in [-0.1, -0.05) is 15.9 Å². The standard InChI is InChI=1S/C14H7BrF3N3O2/c15-8-1-6-11-12(7-8)20(19-13(11)14(16,17)18)9-2-4-10(5-3-9)21(22)23/h1-7H. The van der Waals surface area contributed by atoms with E-state index in [4.69, 9.17) is 0 Å². The Bertz CT molecular complexity index is 904. The average molecular weight is 386 g/mol. The quantitative estimate of drug-likeness (QED) is 0.473. The van der Waals surface area contributed by atoms with E-state index in [1.54, 1.807) is 0 Å². The number of alkyl halides is 3. The van der Waals surface area contributed by atoms with E-state index in [-0.39, 0.29) is 16.6 Å². The van der Waals surface area contributed by atoms with Crippen LogP contribution in [0.2, 0.25) is 0 Å². The van der Waals surface area contributed by atoms with Gasteiger partial charge in [0, 0.05) is 22.0 Å². The first-order valence-electron chi connectivity index (χ1n) is 6.27. The van der Waals surface area contributed by atoms with Crippen molar-refractivity contribution in [2.45, 2.75) is 6.18 Å². The molecule has 5 nitrogen and oxygen atoms in total. The highest BCUT2D eigenvalue weighted by Crippen LogP contribution is 2.36. The van der Waals surface area contributed by atoms with E-state index >= 15 is 0 Å². The summed E-state index contributed by atoms with van der Waals surface area (Å²) in [5.41, 5.74) is -0.601. The van der Waals surface area contributed by atoms with E-state index in [0.717, 1.165) is 4.68 Å². The van der Waals surface area contributed by atoms with Crippen LogP contribution in [0.5, 0.6) is 0 Å². The third kappa shape index (κ3) is 2.79. The molecule has 1 aromatic heterocycles. The molecule has 0 bridgehead atoms. The zero-order valence-corrected chi connectivity index (χ0v) is 12.8. The van der Waals surface area contributed by atoms with Gasteiger partial charge in [0.15, 0.2) is 5.69 Å². The van der Waals surface area contributed by atoms with Crippen molar-refractivity contribution in [1.82, 2.24) is 9.78 Å². The van der Waals surface area contributed by atoms with E-state index in [1.165, 1.54) is 42.5 Å². The molecule has 0 aliphatic heterocycles. The van der Waals surface area contributed by atoms with E-state index in [9.17, 15) is 23.3 Å². The minimum atomic E-state index is -4.60. The molecule has 0 aliphatic rings. The van der Waals surface area contributed by atoms with Crippen molar-refractivity contribution in [3.05, 3.63) is 62.7 Å². The monoisotopic (exact) mass is 385 g/mol. The predicted octanol–water partition coefficient (Wildman–Crippen LogP) is 4.72. The molecule has 0 unspecified atom stereocenters. The Morgan fingerprint density at radius 3 is 2.35 bits per heavy atom. The van der Waals surface area contributed by atoms with Gasteiger partial charge in [-0.2, -0.15) is 18.3 Å². The van der Waals surface area contributed by atoms with Crippen LogP contribution in [-0.4, -0.2) is 14.7 Å². The molecule has 0 amide bonds. The summed E-state index contributed by atoms with van der Waals surface area (Å²) in [5.74, 6) is 0. The van der Waals surface area contributed by atoms with E-state index in [2.05, 4.69) is 21.0 Å². The summed E-state index contributed by atoms with van der Waals surface area (Å²) in [5, 5.41) is 14.3. The highest BCUT2D eigenvalue weighted by Gasteiger charge is 2.37. The molecule has 3 rings (SSSR count). The van der Waals surface area contributed by atoms with Crippen LogP contribution < -0.4 is 0 Å². The normalized spacial score (nSPS) is 11.8. The van der Waals surface area contributed by atoms with Gasteiger partial charge in [-0.25, -0.2) is 4.68 Å². The van der Waals surface area contributed by atoms with Gasteiger partial charge in [0.05, 0.1) is 16.1 Å². The first-order chi connectivity index (χ1) is 10.8. The molecule has 0 saturated carbocycles. The predicted molar refractivity (Wildman–Crippen MR) is 80.4 cm³/mol. The Morgan fingerprint density at radius 1 is 1.13 bits per heavy atom. The van der Waals surface area contributed by atoms with Gasteiger partial charge in [0.1, 0.15) is 0 Å². The zero-order valence-electron chi connectivity index (χ0n) is 11.2. The Labute approximate surface area is 135 Å². The lowest BCUT2D eigenvalue weighted by Crippen LogP contribution is -2.07. The van der Waals surface area contributed by atoms with Crippen LogP contribution in [0.4, 0.5) is 18.9 Å². The number of nitro groups is 1. The number of hydrogen-bond donors (Lipinski definition) is 0. The number of halogens is 4. The fraction of sp³-hybridized carbons (Fsp3) is 0.0714. The smallest absolute Gasteiger partial charge is 0.258 e. The average Bonchev–Trinajstić information content (AvgIpc) is 2.86. The second-order valence-corrected chi connectivity index (χ2v) is 5.61. The van der Waals surface area contributed by atoms with Crippen LogP contribution in [0.25, 0.3) is 16.6 Å². The summed E-state index contributed by atoms with van der Waals surface area (Å²) in [6.45, 7) is 0. The van der Waals surface area contributed by atoms with Crippen LogP contribution >= 0.6 is 15.9 Å². The maximum Gasteiger partial charge on any atom is 0.435 e. The number of nitro benzene ring substituents is 1. The number of fused-ring (bicyclic) bond motifs is 1. The Balaban J connectivity index is 2.24. The fourth-order valence-electron chi connectivity index (χ4n) is 2.21. The molecule has 0 atom stereocenters. The molecule has 0 spiro atoms. The van der Waals surface area contributed by atoms with Crippen molar-refractivity contribution < 1.29 is 18.1 Å². The zero-order chi connectivity index (χ0) is 16.8. The Kier molecular flexibility index (Phi) is 3.59. The van der Waals surface area contributed by atoms with Crippen LogP contribution in [0, 0.1) is 10.1 Å². The largest absolute Gasteiger partial charge is 0.435 e. The molecule has 9 heteroatoms. The number of nitrogens with zero attached hydrogens (tertiary/aromatic N) is 3. The molecule has 3 aromatic rings. The molecule has 118 valence electrons. The van der Waals surface area contributed by atoms with Gasteiger partial charge in [0.25, 0.3) is 5.69 Å². The van der Waals surface area contributed by atoms with Crippen LogP contribution in [0.15, 0.2) is 46.9 Å². The molecular weight excluding hydrogens is 379 g/mol. The fourth-order valence-corrected chi connectivity index (χ4v) is 2.56. The van der Waals surface area contributed by atoms with Crippen LogP contribution in [0.1, 0.15) is 5.69 Å². The lowest BCUT2D eigenvalue weighted by Gasteiger charge is -2.03. The van der Waals surface area contributed by atoms with Crippen molar-refractivity contribution in [3.8, 4) is 5.69 Å². The second-order valence-electron chi connectivity index (χ2n) is 4.69. The van der Waals surface area contributed by atoms with Crippen molar-refractivity contribution >= 4 is 32.5 Å². The van der Waals surface area contributed by atoms with Gasteiger partial charge >= 0.3 is 6.18 Å². The van der Waals surface area contributed by atoms with Crippen molar-refractivity contribution in [2.24, 2.45) is 0 Å². The molecule has 0 N–H and O–H groups in total. The molecule has 2 aromatic carbocycles. The first kappa shape index (κ1) is 15.5. The number of benzene rings is 2. The molecule has 0 aliphatic carbocycles. The maximum absolute atomic E-state index is 13.1. The van der Waals surface area contributed by atoms with E-state index in [0.29, 0.717) is 10.2 Å². The molecule has 0 fully saturated rings. The molecular formula is C14H7BrF3N3O2. The highest BCUT2D eigenvalue weighted by molar-refractivity contribution is 9.10. The number of hydrogen-bond acceptors (Lipinski definition) is 3. The van der Waals surface area contributed by atoms with Crippen molar-refractivity contribution in [2.75, 3.05) is 0 Å². The SMILES string of the molecule is O=[N+]([O-])c1ccc(-n2nc(C(F)(F)F)c3ccc(Br)cc32)cc1. The summed E-state index contributed by atoms with van der Waals surface area (Å²) in [6, 6.07) is 9.48. The maximum atomic E-state index is 13.1. The lowest BCUT2D eigenvalue weighted by atomic mass is 10.2. The number of aromatic nitrogens is 2. The van der Waals surface area contributed by atoms with Crippen LogP contribution in [-0.2, 0) is 6.18 Å². The third-order valence-electron chi connectivity index (χ3n) is 3.22. The van der Waals surface area contributed by atoms with Gasteiger partial charge in [-0.05, 0) is 30.3 Å². The lowest BCUT2D eigenvalue weighted by molar-refractivity contribution is -0.384. The minimum absolute atomic E-state index is 0.0425. The van der Waals surface area contributed by atoms with Gasteiger partial charge in [0.2, 0.25) is 0 Å². The first-order valence-corrected chi connectivity index (χ1v) is 7.07. The summed E-state index contributed by atoms with van der Waals surface area (Å²) in [7, 11) is 0. The van der Waals surface area contributed by atoms with Gasteiger partial charge in [-0.15, -0.1) is 0 Å². The Morgan fingerprint density at radius 2 is 1.78 bits per heavy atom. The highest BCUT2D eigenvalue weighted by atomic mass is 79.9. The van der Waals surface area contributed by atoms with E-state index in [1.807, 2.05) is 0 Å². The minimum Gasteiger partial charge on any atom is -0.258 e. The summed E-state index contributed by atoms with van der Waals surface area (Å²) >= 11 is 3.22. The topological polar surface area (TPSA) is 61.0 Å². The van der Waals surface area contributed by atoms with E-state index < -0.39 is 16.8 Å². The molecule has 0 saturated heterocycles. The van der Waals surface area contributed by atoms with Gasteiger partial charge in [-0.3, -0.25) is 10.1 Å². The van der Waals surface area contributed by atoms with Crippen molar-refractivity contribution in [3.63, 3.8) is 0 Å². The van der Waals surface area contributed by atoms with Crippen molar-refractivity contribution in [1.29, 1.82) is 0 Å². The summed E-state index contributed by atoms with van der Waals surface area (Å²) in [6.07, 6.45) is -4.60. The third-order valence-corrected chi connectivity index (χ3v) is 3.71.